The Kier molecular flexibility index (Phi) is 5.91. The van der Waals surface area contributed by atoms with E-state index < -0.39 is 0 Å². The molecular weight excluding hydrogens is 338 g/mol. The Morgan fingerprint density at radius 3 is 2.30 bits per heavy atom. The van der Waals surface area contributed by atoms with Gasteiger partial charge in [0.25, 0.3) is 0 Å². The lowest BCUT2D eigenvalue weighted by molar-refractivity contribution is 0.355. The first-order chi connectivity index (χ1) is 13.1. The van der Waals surface area contributed by atoms with Gasteiger partial charge in [0.1, 0.15) is 12.1 Å². The van der Waals surface area contributed by atoms with E-state index in [2.05, 4.69) is 53.4 Å². The fourth-order valence-electron chi connectivity index (χ4n) is 2.93. The zero-order chi connectivity index (χ0) is 19.2. The molecule has 0 unspecified atom stereocenters. The number of hydrogen-bond acceptors (Lipinski definition) is 5. The third-order valence-corrected chi connectivity index (χ3v) is 4.22. The zero-order valence-corrected chi connectivity index (χ0v) is 16.2. The van der Waals surface area contributed by atoms with Gasteiger partial charge in [-0.2, -0.15) is 0 Å². The number of nitrogens with zero attached hydrogens (tertiary/aromatic N) is 2. The molecule has 1 heterocycles. The molecule has 3 rings (SSSR count). The van der Waals surface area contributed by atoms with Crippen LogP contribution < -0.4 is 14.8 Å². The van der Waals surface area contributed by atoms with E-state index in [-0.39, 0.29) is 0 Å². The SMILES string of the molecule is COc1ccc(Nc2cc(-c3ccc(CC(C)C)cc3)ncn2)cc1OC. The molecule has 5 nitrogen and oxygen atoms in total. The van der Waals surface area contributed by atoms with E-state index in [0.29, 0.717) is 17.4 Å². The van der Waals surface area contributed by atoms with Crippen LogP contribution in [-0.2, 0) is 6.42 Å². The maximum atomic E-state index is 5.35. The highest BCUT2D eigenvalue weighted by Crippen LogP contribution is 2.31. The smallest absolute Gasteiger partial charge is 0.162 e. The van der Waals surface area contributed by atoms with Crippen molar-refractivity contribution in [3.8, 4) is 22.8 Å². The summed E-state index contributed by atoms with van der Waals surface area (Å²) >= 11 is 0. The number of methoxy groups -OCH3 is 2. The fraction of sp³-hybridized carbons (Fsp3) is 0.273. The number of hydrogen-bond donors (Lipinski definition) is 1. The highest BCUT2D eigenvalue weighted by Gasteiger charge is 2.07. The number of anilines is 2. The second-order valence-electron chi connectivity index (χ2n) is 6.78. The lowest BCUT2D eigenvalue weighted by atomic mass is 10.0. The molecule has 0 spiro atoms. The van der Waals surface area contributed by atoms with E-state index in [1.165, 1.54) is 5.56 Å². The average Bonchev–Trinajstić information content (AvgIpc) is 2.68. The zero-order valence-electron chi connectivity index (χ0n) is 16.2. The van der Waals surface area contributed by atoms with Crippen LogP contribution in [0.3, 0.4) is 0 Å². The van der Waals surface area contributed by atoms with Crippen molar-refractivity contribution in [2.24, 2.45) is 5.92 Å². The Balaban J connectivity index is 1.79. The fourth-order valence-corrected chi connectivity index (χ4v) is 2.93. The number of rotatable bonds is 7. The summed E-state index contributed by atoms with van der Waals surface area (Å²) in [5.41, 5.74) is 4.15. The van der Waals surface area contributed by atoms with Gasteiger partial charge in [0.05, 0.1) is 19.9 Å². The molecule has 0 fully saturated rings. The standard InChI is InChI=1S/C22H25N3O2/c1-15(2)11-16-5-7-17(8-6-16)19-13-22(24-14-23-19)25-18-9-10-20(26-3)21(12-18)27-4/h5-10,12-15H,11H2,1-4H3,(H,23,24,25). The van der Waals surface area contributed by atoms with E-state index in [9.17, 15) is 0 Å². The van der Waals surface area contributed by atoms with Crippen LogP contribution in [0.5, 0.6) is 11.5 Å². The van der Waals surface area contributed by atoms with Crippen LogP contribution in [0.2, 0.25) is 0 Å². The third kappa shape index (κ3) is 4.76. The molecule has 0 bridgehead atoms. The molecule has 1 aromatic heterocycles. The molecule has 0 aliphatic heterocycles. The predicted octanol–water partition coefficient (Wildman–Crippen LogP) is 5.10. The normalized spacial score (nSPS) is 10.7. The lowest BCUT2D eigenvalue weighted by Gasteiger charge is -2.11. The largest absolute Gasteiger partial charge is 0.493 e. The first kappa shape index (κ1) is 18.7. The number of nitrogens with one attached hydrogen (secondary N) is 1. The second-order valence-corrected chi connectivity index (χ2v) is 6.78. The first-order valence-electron chi connectivity index (χ1n) is 8.99. The molecule has 27 heavy (non-hydrogen) atoms. The Labute approximate surface area is 160 Å². The molecule has 0 atom stereocenters. The molecule has 0 aliphatic carbocycles. The van der Waals surface area contributed by atoms with Crippen molar-refractivity contribution in [1.29, 1.82) is 0 Å². The summed E-state index contributed by atoms with van der Waals surface area (Å²) in [5, 5.41) is 3.29. The van der Waals surface area contributed by atoms with Crippen molar-refractivity contribution in [3.63, 3.8) is 0 Å². The van der Waals surface area contributed by atoms with E-state index in [1.54, 1.807) is 20.5 Å². The van der Waals surface area contributed by atoms with Crippen molar-refractivity contribution >= 4 is 11.5 Å². The molecule has 0 radical (unpaired) electrons. The summed E-state index contributed by atoms with van der Waals surface area (Å²) in [6.07, 6.45) is 2.65. The minimum atomic E-state index is 0.646. The van der Waals surface area contributed by atoms with Gasteiger partial charge in [-0.05, 0) is 30.0 Å². The van der Waals surface area contributed by atoms with Crippen LogP contribution in [-0.4, -0.2) is 24.2 Å². The summed E-state index contributed by atoms with van der Waals surface area (Å²) in [6.45, 7) is 4.45. The number of aromatic nitrogens is 2. The molecule has 0 saturated heterocycles. The van der Waals surface area contributed by atoms with Gasteiger partial charge < -0.3 is 14.8 Å². The van der Waals surface area contributed by atoms with Crippen LogP contribution in [0.25, 0.3) is 11.3 Å². The van der Waals surface area contributed by atoms with Gasteiger partial charge >= 0.3 is 0 Å². The molecule has 5 heteroatoms. The van der Waals surface area contributed by atoms with Gasteiger partial charge in [-0.3, -0.25) is 0 Å². The maximum absolute atomic E-state index is 5.35. The quantitative estimate of drug-likeness (QED) is 0.633. The summed E-state index contributed by atoms with van der Waals surface area (Å²) in [5.74, 6) is 2.72. The number of ether oxygens (including phenoxy) is 2. The Morgan fingerprint density at radius 2 is 1.63 bits per heavy atom. The van der Waals surface area contributed by atoms with Gasteiger partial charge in [-0.25, -0.2) is 9.97 Å². The van der Waals surface area contributed by atoms with Crippen LogP contribution in [0.15, 0.2) is 54.9 Å². The summed E-state index contributed by atoms with van der Waals surface area (Å²) in [7, 11) is 3.24. The molecule has 0 saturated carbocycles. The molecule has 0 aliphatic rings. The Bertz CT molecular complexity index is 892. The molecule has 0 amide bonds. The maximum Gasteiger partial charge on any atom is 0.162 e. The molecule has 3 aromatic rings. The van der Waals surface area contributed by atoms with E-state index in [0.717, 1.165) is 29.2 Å². The number of benzene rings is 2. The molecule has 1 N–H and O–H groups in total. The van der Waals surface area contributed by atoms with Gasteiger partial charge in [0, 0.05) is 23.4 Å². The van der Waals surface area contributed by atoms with Crippen LogP contribution >= 0.6 is 0 Å². The minimum absolute atomic E-state index is 0.646. The van der Waals surface area contributed by atoms with Crippen molar-refractivity contribution < 1.29 is 9.47 Å². The van der Waals surface area contributed by atoms with Crippen LogP contribution in [0.4, 0.5) is 11.5 Å². The summed E-state index contributed by atoms with van der Waals surface area (Å²) < 4.78 is 10.6. The Hall–Kier alpha value is -3.08. The summed E-state index contributed by atoms with van der Waals surface area (Å²) in [4.78, 5) is 8.73. The van der Waals surface area contributed by atoms with Crippen molar-refractivity contribution in [2.75, 3.05) is 19.5 Å². The van der Waals surface area contributed by atoms with Crippen LogP contribution in [0, 0.1) is 5.92 Å². The van der Waals surface area contributed by atoms with E-state index in [4.69, 9.17) is 9.47 Å². The van der Waals surface area contributed by atoms with E-state index >= 15 is 0 Å². The predicted molar refractivity (Wildman–Crippen MR) is 109 cm³/mol. The first-order valence-corrected chi connectivity index (χ1v) is 8.99. The highest BCUT2D eigenvalue weighted by molar-refractivity contribution is 5.66. The van der Waals surface area contributed by atoms with Crippen LogP contribution in [0.1, 0.15) is 19.4 Å². The Morgan fingerprint density at radius 1 is 0.889 bits per heavy atom. The van der Waals surface area contributed by atoms with E-state index in [1.807, 2.05) is 24.3 Å². The van der Waals surface area contributed by atoms with Crippen molar-refractivity contribution in [2.45, 2.75) is 20.3 Å². The molecule has 2 aromatic carbocycles. The minimum Gasteiger partial charge on any atom is -0.493 e. The van der Waals surface area contributed by atoms with Crippen molar-refractivity contribution in [1.82, 2.24) is 9.97 Å². The molecule has 140 valence electrons. The monoisotopic (exact) mass is 363 g/mol. The van der Waals surface area contributed by atoms with Gasteiger partial charge in [-0.15, -0.1) is 0 Å². The summed E-state index contributed by atoms with van der Waals surface area (Å²) in [6, 6.07) is 16.1. The van der Waals surface area contributed by atoms with Gasteiger partial charge in [-0.1, -0.05) is 38.1 Å². The van der Waals surface area contributed by atoms with Crippen molar-refractivity contribution in [3.05, 3.63) is 60.4 Å². The average molecular weight is 363 g/mol. The second kappa shape index (κ2) is 8.54. The molecular formula is C22H25N3O2. The topological polar surface area (TPSA) is 56.3 Å². The third-order valence-electron chi connectivity index (χ3n) is 4.22. The highest BCUT2D eigenvalue weighted by atomic mass is 16.5. The lowest BCUT2D eigenvalue weighted by Crippen LogP contribution is -1.97. The van der Waals surface area contributed by atoms with Gasteiger partial charge in [0.15, 0.2) is 11.5 Å². The van der Waals surface area contributed by atoms with Gasteiger partial charge in [0.2, 0.25) is 0 Å².